The van der Waals surface area contributed by atoms with Gasteiger partial charge in [-0.15, -0.1) is 11.3 Å². The second kappa shape index (κ2) is 8.21. The highest BCUT2D eigenvalue weighted by Crippen LogP contribution is 2.24. The number of hydrogen-bond acceptors (Lipinski definition) is 3. The number of hydrogen-bond donors (Lipinski definition) is 1. The summed E-state index contributed by atoms with van der Waals surface area (Å²) in [5.41, 5.74) is 0.998. The Labute approximate surface area is 131 Å². The fourth-order valence-electron chi connectivity index (χ4n) is 2.63. The highest BCUT2D eigenvalue weighted by molar-refractivity contribution is 7.10. The van der Waals surface area contributed by atoms with Crippen LogP contribution in [0.2, 0.25) is 0 Å². The van der Waals surface area contributed by atoms with Crippen molar-refractivity contribution >= 4 is 17.2 Å². The maximum atomic E-state index is 12.2. The second-order valence-electron chi connectivity index (χ2n) is 5.45. The molecule has 1 N–H and O–H groups in total. The first kappa shape index (κ1) is 16.1. The van der Waals surface area contributed by atoms with Gasteiger partial charge in [0.15, 0.2) is 0 Å². The monoisotopic (exact) mass is 305 g/mol. The van der Waals surface area contributed by atoms with E-state index in [9.17, 15) is 4.79 Å². The normalized spacial score (nSPS) is 19.0. The van der Waals surface area contributed by atoms with E-state index in [1.165, 1.54) is 0 Å². The van der Waals surface area contributed by atoms with E-state index in [1.807, 2.05) is 16.3 Å². The van der Waals surface area contributed by atoms with Crippen molar-refractivity contribution in [1.82, 2.24) is 4.90 Å². The lowest BCUT2D eigenvalue weighted by Gasteiger charge is -2.20. The van der Waals surface area contributed by atoms with Gasteiger partial charge in [-0.1, -0.05) is 25.2 Å². The SMILES string of the molecule is CCC1CCC(=O)N(Cc2sccc2C#CCCO)CC1. The Morgan fingerprint density at radius 2 is 2.33 bits per heavy atom. The number of thiophene rings is 1. The first-order valence-electron chi connectivity index (χ1n) is 7.68. The molecule has 1 aliphatic heterocycles. The van der Waals surface area contributed by atoms with Crippen molar-refractivity contribution in [2.24, 2.45) is 5.92 Å². The van der Waals surface area contributed by atoms with Gasteiger partial charge >= 0.3 is 0 Å². The van der Waals surface area contributed by atoms with Gasteiger partial charge in [-0.25, -0.2) is 0 Å². The summed E-state index contributed by atoms with van der Waals surface area (Å²) in [7, 11) is 0. The average molecular weight is 305 g/mol. The molecule has 1 aliphatic rings. The van der Waals surface area contributed by atoms with Crippen molar-refractivity contribution in [2.75, 3.05) is 13.2 Å². The number of amides is 1. The molecule has 1 aromatic rings. The third kappa shape index (κ3) is 4.59. The van der Waals surface area contributed by atoms with Crippen LogP contribution in [-0.2, 0) is 11.3 Å². The van der Waals surface area contributed by atoms with Gasteiger partial charge in [-0.3, -0.25) is 4.79 Å². The molecule has 0 saturated carbocycles. The van der Waals surface area contributed by atoms with Crippen LogP contribution >= 0.6 is 11.3 Å². The Morgan fingerprint density at radius 1 is 1.48 bits per heavy atom. The molecule has 0 spiro atoms. The van der Waals surface area contributed by atoms with E-state index in [-0.39, 0.29) is 12.5 Å². The lowest BCUT2D eigenvalue weighted by molar-refractivity contribution is -0.131. The van der Waals surface area contributed by atoms with Crippen LogP contribution in [0.25, 0.3) is 0 Å². The Bertz CT molecular complexity index is 526. The lowest BCUT2D eigenvalue weighted by atomic mass is 9.98. The van der Waals surface area contributed by atoms with Gasteiger partial charge in [0.1, 0.15) is 0 Å². The minimum atomic E-state index is 0.0927. The average Bonchev–Trinajstić information content (AvgIpc) is 2.85. The number of aliphatic hydroxyl groups excluding tert-OH is 1. The molecule has 1 saturated heterocycles. The van der Waals surface area contributed by atoms with Gasteiger partial charge < -0.3 is 10.0 Å². The van der Waals surface area contributed by atoms with Gasteiger partial charge in [-0.05, 0) is 30.2 Å². The highest BCUT2D eigenvalue weighted by atomic mass is 32.1. The Balaban J connectivity index is 2.02. The van der Waals surface area contributed by atoms with Crippen LogP contribution in [0, 0.1) is 17.8 Å². The lowest BCUT2D eigenvalue weighted by Crippen LogP contribution is -2.29. The quantitative estimate of drug-likeness (QED) is 0.869. The first-order chi connectivity index (χ1) is 10.2. The minimum Gasteiger partial charge on any atom is -0.395 e. The number of nitrogens with zero attached hydrogens (tertiary/aromatic N) is 1. The number of carbonyl (C=O) groups excluding carboxylic acids is 1. The molecule has 1 unspecified atom stereocenters. The topological polar surface area (TPSA) is 40.5 Å². The van der Waals surface area contributed by atoms with Crippen LogP contribution in [-0.4, -0.2) is 29.1 Å². The molecule has 0 radical (unpaired) electrons. The molecule has 0 aromatic carbocycles. The van der Waals surface area contributed by atoms with E-state index in [0.717, 1.165) is 36.2 Å². The van der Waals surface area contributed by atoms with Crippen LogP contribution in [0.4, 0.5) is 0 Å². The summed E-state index contributed by atoms with van der Waals surface area (Å²) >= 11 is 1.66. The van der Waals surface area contributed by atoms with Crippen molar-refractivity contribution in [3.05, 3.63) is 21.9 Å². The molecule has 2 heterocycles. The zero-order valence-electron chi connectivity index (χ0n) is 12.6. The zero-order chi connectivity index (χ0) is 15.1. The molecule has 1 aromatic heterocycles. The molecule has 3 nitrogen and oxygen atoms in total. The second-order valence-corrected chi connectivity index (χ2v) is 6.45. The fraction of sp³-hybridized carbons (Fsp3) is 0.588. The maximum Gasteiger partial charge on any atom is 0.222 e. The maximum absolute atomic E-state index is 12.2. The third-order valence-corrected chi connectivity index (χ3v) is 4.95. The summed E-state index contributed by atoms with van der Waals surface area (Å²) in [4.78, 5) is 15.4. The molecule has 1 atom stereocenters. The van der Waals surface area contributed by atoms with E-state index < -0.39 is 0 Å². The van der Waals surface area contributed by atoms with E-state index in [0.29, 0.717) is 25.3 Å². The van der Waals surface area contributed by atoms with Gasteiger partial charge in [-0.2, -0.15) is 0 Å². The molecule has 2 rings (SSSR count). The van der Waals surface area contributed by atoms with Crippen LogP contribution in [0.1, 0.15) is 49.5 Å². The standard InChI is InChI=1S/C17H23NO2S/c1-2-14-6-7-17(20)18(10-8-14)13-16-15(9-12-21-16)5-3-4-11-19/h9,12,14,19H,2,4,6-8,10-11,13H2,1H3. The van der Waals surface area contributed by atoms with Crippen LogP contribution < -0.4 is 0 Å². The van der Waals surface area contributed by atoms with Crippen molar-refractivity contribution in [3.8, 4) is 11.8 Å². The Kier molecular flexibility index (Phi) is 6.28. The van der Waals surface area contributed by atoms with Crippen molar-refractivity contribution in [1.29, 1.82) is 0 Å². The number of carbonyl (C=O) groups is 1. The van der Waals surface area contributed by atoms with E-state index in [2.05, 4.69) is 18.8 Å². The smallest absolute Gasteiger partial charge is 0.222 e. The predicted molar refractivity (Wildman–Crippen MR) is 85.9 cm³/mol. The molecular formula is C17H23NO2S. The molecule has 0 aliphatic carbocycles. The molecule has 4 heteroatoms. The van der Waals surface area contributed by atoms with Crippen molar-refractivity contribution in [3.63, 3.8) is 0 Å². The summed E-state index contributed by atoms with van der Waals surface area (Å²) in [5, 5.41) is 10.8. The summed E-state index contributed by atoms with van der Waals surface area (Å²) in [6, 6.07) is 2.00. The van der Waals surface area contributed by atoms with Gasteiger partial charge in [0.25, 0.3) is 0 Å². The van der Waals surface area contributed by atoms with E-state index in [4.69, 9.17) is 5.11 Å². The van der Waals surface area contributed by atoms with E-state index in [1.54, 1.807) is 11.3 Å². The predicted octanol–water partition coefficient (Wildman–Crippen LogP) is 3.02. The van der Waals surface area contributed by atoms with Crippen molar-refractivity contribution in [2.45, 2.75) is 45.6 Å². The van der Waals surface area contributed by atoms with Gasteiger partial charge in [0.05, 0.1) is 13.2 Å². The molecular weight excluding hydrogens is 282 g/mol. The fourth-order valence-corrected chi connectivity index (χ4v) is 3.47. The van der Waals surface area contributed by atoms with Crippen LogP contribution in [0.3, 0.4) is 0 Å². The summed E-state index contributed by atoms with van der Waals surface area (Å²) in [6.07, 6.45) is 4.47. The summed E-state index contributed by atoms with van der Waals surface area (Å²) < 4.78 is 0. The number of rotatable bonds is 4. The summed E-state index contributed by atoms with van der Waals surface area (Å²) in [5.74, 6) is 7.01. The van der Waals surface area contributed by atoms with Crippen LogP contribution in [0.15, 0.2) is 11.4 Å². The van der Waals surface area contributed by atoms with Crippen LogP contribution in [0.5, 0.6) is 0 Å². The van der Waals surface area contributed by atoms with E-state index >= 15 is 0 Å². The largest absolute Gasteiger partial charge is 0.395 e. The molecule has 1 amide bonds. The third-order valence-electron chi connectivity index (χ3n) is 4.04. The number of aliphatic hydroxyl groups is 1. The van der Waals surface area contributed by atoms with Gasteiger partial charge in [0, 0.05) is 29.8 Å². The Morgan fingerprint density at radius 3 is 3.10 bits per heavy atom. The number of likely N-dealkylation sites (tertiary alicyclic amines) is 1. The first-order valence-corrected chi connectivity index (χ1v) is 8.56. The Hall–Kier alpha value is -1.31. The zero-order valence-corrected chi connectivity index (χ0v) is 13.4. The molecule has 0 bridgehead atoms. The minimum absolute atomic E-state index is 0.0927. The molecule has 21 heavy (non-hydrogen) atoms. The molecule has 114 valence electrons. The van der Waals surface area contributed by atoms with Gasteiger partial charge in [0.2, 0.25) is 5.91 Å². The highest BCUT2D eigenvalue weighted by Gasteiger charge is 2.22. The molecule has 1 fully saturated rings. The summed E-state index contributed by atoms with van der Waals surface area (Å²) in [6.45, 7) is 3.84. The van der Waals surface area contributed by atoms with Crippen molar-refractivity contribution < 1.29 is 9.90 Å².